The third kappa shape index (κ3) is 6.11. The Morgan fingerprint density at radius 3 is 2.06 bits per heavy atom. The van der Waals surface area contributed by atoms with Gasteiger partial charge in [-0.3, -0.25) is 0 Å². The highest BCUT2D eigenvalue weighted by atomic mass is 19.2. The van der Waals surface area contributed by atoms with E-state index in [9.17, 15) is 8.78 Å². The molecule has 1 fully saturated rings. The largest absolute Gasteiger partial charge is 0.494 e. The molecule has 1 aliphatic heterocycles. The van der Waals surface area contributed by atoms with Crippen molar-refractivity contribution in [3.8, 4) is 28.0 Å². The molecule has 1 heterocycles. The zero-order valence-corrected chi connectivity index (χ0v) is 20.9. The van der Waals surface area contributed by atoms with Crippen molar-refractivity contribution < 1.29 is 27.4 Å². The Hall–Kier alpha value is -2.83. The van der Waals surface area contributed by atoms with Crippen LogP contribution in [0, 0.1) is 23.4 Å². The van der Waals surface area contributed by atoms with Crippen LogP contribution in [0.15, 0.2) is 54.6 Å². The molecule has 0 amide bonds. The van der Waals surface area contributed by atoms with Crippen LogP contribution >= 0.6 is 0 Å². The molecule has 36 heavy (non-hydrogen) atoms. The van der Waals surface area contributed by atoms with Crippen LogP contribution in [0.5, 0.6) is 5.75 Å². The van der Waals surface area contributed by atoms with Gasteiger partial charge in [-0.2, -0.15) is 4.39 Å². The molecule has 1 saturated heterocycles. The van der Waals surface area contributed by atoms with Crippen LogP contribution < -0.4 is 4.74 Å². The van der Waals surface area contributed by atoms with Gasteiger partial charge in [0.1, 0.15) is 5.82 Å². The van der Waals surface area contributed by atoms with Crippen molar-refractivity contribution in [1.29, 1.82) is 0 Å². The van der Waals surface area contributed by atoms with Crippen LogP contribution in [0.3, 0.4) is 0 Å². The normalized spacial score (nSPS) is 17.8. The van der Waals surface area contributed by atoms with E-state index >= 15 is 4.39 Å². The number of ether oxygens (including phenoxy) is 3. The van der Waals surface area contributed by atoms with Crippen LogP contribution in [-0.4, -0.2) is 20.3 Å². The van der Waals surface area contributed by atoms with E-state index in [0.29, 0.717) is 41.4 Å². The average Bonchev–Trinajstić information content (AvgIpc) is 2.91. The SMILES string of the molecule is CCCCCCCC1COC(c2ccc(-c3ccc(-c4ccc(OC)c(F)c4F)cc3)c(F)c2)OC1. The van der Waals surface area contributed by atoms with Gasteiger partial charge in [-0.15, -0.1) is 0 Å². The molecule has 0 spiro atoms. The van der Waals surface area contributed by atoms with Crippen molar-refractivity contribution in [3.63, 3.8) is 0 Å². The maximum Gasteiger partial charge on any atom is 0.201 e. The van der Waals surface area contributed by atoms with Gasteiger partial charge >= 0.3 is 0 Å². The Bertz CT molecular complexity index is 1140. The molecule has 0 atom stereocenters. The minimum absolute atomic E-state index is 0.113. The van der Waals surface area contributed by atoms with Gasteiger partial charge in [0.25, 0.3) is 0 Å². The summed E-state index contributed by atoms with van der Waals surface area (Å²) >= 11 is 0. The summed E-state index contributed by atoms with van der Waals surface area (Å²) in [6.45, 7) is 3.45. The zero-order chi connectivity index (χ0) is 25.5. The first-order valence-electron chi connectivity index (χ1n) is 12.7. The fraction of sp³-hybridized carbons (Fsp3) is 0.400. The number of methoxy groups -OCH3 is 1. The Kier molecular flexibility index (Phi) is 9.05. The highest BCUT2D eigenvalue weighted by Crippen LogP contribution is 2.34. The third-order valence-electron chi connectivity index (χ3n) is 6.72. The van der Waals surface area contributed by atoms with Crippen LogP contribution in [0.2, 0.25) is 0 Å². The van der Waals surface area contributed by atoms with Gasteiger partial charge in [0.15, 0.2) is 17.9 Å². The van der Waals surface area contributed by atoms with Crippen LogP contribution in [0.25, 0.3) is 22.3 Å². The smallest absolute Gasteiger partial charge is 0.201 e. The van der Waals surface area contributed by atoms with Gasteiger partial charge in [0, 0.05) is 22.6 Å². The summed E-state index contributed by atoms with van der Waals surface area (Å²) in [5, 5.41) is 0. The summed E-state index contributed by atoms with van der Waals surface area (Å²) in [5.74, 6) is -2.18. The minimum atomic E-state index is -1.04. The highest BCUT2D eigenvalue weighted by Gasteiger charge is 2.24. The number of halogens is 3. The molecule has 1 aliphatic rings. The summed E-state index contributed by atoms with van der Waals surface area (Å²) < 4.78 is 60.1. The molecule has 0 radical (unpaired) electrons. The lowest BCUT2D eigenvalue weighted by Crippen LogP contribution is -2.27. The number of unbranched alkanes of at least 4 members (excludes halogenated alkanes) is 4. The zero-order valence-electron chi connectivity index (χ0n) is 20.9. The lowest BCUT2D eigenvalue weighted by atomic mass is 9.98. The molecule has 3 aromatic rings. The van der Waals surface area contributed by atoms with Gasteiger partial charge in [-0.1, -0.05) is 75.4 Å². The number of rotatable bonds is 10. The van der Waals surface area contributed by atoms with Gasteiger partial charge in [-0.05, 0) is 35.7 Å². The first kappa shape index (κ1) is 26.2. The molecular formula is C30H33F3O3. The van der Waals surface area contributed by atoms with E-state index in [-0.39, 0.29) is 11.3 Å². The first-order chi connectivity index (χ1) is 17.5. The molecular weight excluding hydrogens is 465 g/mol. The Morgan fingerprint density at radius 1 is 0.778 bits per heavy atom. The molecule has 0 saturated carbocycles. The fourth-order valence-electron chi connectivity index (χ4n) is 4.59. The molecule has 0 aliphatic carbocycles. The fourth-order valence-corrected chi connectivity index (χ4v) is 4.59. The molecule has 192 valence electrons. The van der Waals surface area contributed by atoms with Crippen molar-refractivity contribution in [1.82, 2.24) is 0 Å². The van der Waals surface area contributed by atoms with Crippen LogP contribution in [0.1, 0.15) is 57.3 Å². The van der Waals surface area contributed by atoms with Gasteiger partial charge in [0.2, 0.25) is 5.82 Å². The summed E-state index contributed by atoms with van der Waals surface area (Å²) in [7, 11) is 1.28. The van der Waals surface area contributed by atoms with Crippen molar-refractivity contribution in [2.45, 2.75) is 51.7 Å². The molecule has 6 heteroatoms. The lowest BCUT2D eigenvalue weighted by Gasteiger charge is -2.29. The molecule has 3 nitrogen and oxygen atoms in total. The summed E-state index contributed by atoms with van der Waals surface area (Å²) in [6, 6.07) is 14.4. The van der Waals surface area contributed by atoms with Gasteiger partial charge in [0.05, 0.1) is 20.3 Å². The van der Waals surface area contributed by atoms with E-state index in [2.05, 4.69) is 6.92 Å². The average molecular weight is 499 g/mol. The van der Waals surface area contributed by atoms with Gasteiger partial charge < -0.3 is 14.2 Å². The standard InChI is InChI=1S/C30H33F3O3/c1-3-4-5-6-7-8-20-18-35-30(36-19-20)23-13-14-24(26(31)17-23)21-9-11-22(12-10-21)25-15-16-27(34-2)29(33)28(25)32/h9-17,20,30H,3-8,18-19H2,1-2H3. The van der Waals surface area contributed by atoms with E-state index in [1.165, 1.54) is 57.4 Å². The molecule has 0 unspecified atom stereocenters. The van der Waals surface area contributed by atoms with E-state index in [1.807, 2.05) is 0 Å². The van der Waals surface area contributed by atoms with Crippen LogP contribution in [0.4, 0.5) is 13.2 Å². The second-order valence-electron chi connectivity index (χ2n) is 9.33. The predicted octanol–water partition coefficient (Wildman–Crippen LogP) is 8.47. The van der Waals surface area contributed by atoms with Crippen LogP contribution in [-0.2, 0) is 9.47 Å². The number of benzene rings is 3. The van der Waals surface area contributed by atoms with E-state index in [0.717, 1.165) is 6.42 Å². The maximum atomic E-state index is 15.0. The van der Waals surface area contributed by atoms with Crippen molar-refractivity contribution in [2.75, 3.05) is 20.3 Å². The Morgan fingerprint density at radius 2 is 1.42 bits per heavy atom. The second kappa shape index (κ2) is 12.4. The van der Waals surface area contributed by atoms with Crippen molar-refractivity contribution in [3.05, 3.63) is 77.6 Å². The topological polar surface area (TPSA) is 27.7 Å². The van der Waals surface area contributed by atoms with E-state index in [4.69, 9.17) is 14.2 Å². The van der Waals surface area contributed by atoms with Crippen molar-refractivity contribution >= 4 is 0 Å². The minimum Gasteiger partial charge on any atom is -0.494 e. The highest BCUT2D eigenvalue weighted by molar-refractivity contribution is 5.71. The molecule has 3 aromatic carbocycles. The molecule has 0 N–H and O–H groups in total. The van der Waals surface area contributed by atoms with Crippen molar-refractivity contribution in [2.24, 2.45) is 5.92 Å². The molecule has 0 bridgehead atoms. The first-order valence-corrected chi connectivity index (χ1v) is 12.7. The summed E-state index contributed by atoms with van der Waals surface area (Å²) in [5.41, 5.74) is 2.28. The number of hydrogen-bond acceptors (Lipinski definition) is 3. The predicted molar refractivity (Wildman–Crippen MR) is 135 cm³/mol. The van der Waals surface area contributed by atoms with E-state index in [1.54, 1.807) is 36.4 Å². The monoisotopic (exact) mass is 498 g/mol. The lowest BCUT2D eigenvalue weighted by molar-refractivity contribution is -0.206. The molecule has 0 aromatic heterocycles. The molecule has 4 rings (SSSR count). The quantitative estimate of drug-likeness (QED) is 0.262. The number of hydrogen-bond donors (Lipinski definition) is 0. The summed E-state index contributed by atoms with van der Waals surface area (Å²) in [6.07, 6.45) is 6.75. The third-order valence-corrected chi connectivity index (χ3v) is 6.72. The van der Waals surface area contributed by atoms with E-state index < -0.39 is 23.7 Å². The summed E-state index contributed by atoms with van der Waals surface area (Å²) in [4.78, 5) is 0. The maximum absolute atomic E-state index is 15.0. The van der Waals surface area contributed by atoms with Gasteiger partial charge in [-0.25, -0.2) is 8.78 Å². The Labute approximate surface area is 211 Å². The Balaban J connectivity index is 1.38. The second-order valence-corrected chi connectivity index (χ2v) is 9.33.